The monoisotopic (exact) mass is 569 g/mol. The van der Waals surface area contributed by atoms with Gasteiger partial charge in [-0.05, 0) is 32.3 Å². The Labute approximate surface area is 238 Å². The fourth-order valence-corrected chi connectivity index (χ4v) is 4.52. The van der Waals surface area contributed by atoms with Crippen LogP contribution >= 0.6 is 11.6 Å². The minimum Gasteiger partial charge on any atom is -0.494 e. The number of anilines is 5. The van der Waals surface area contributed by atoms with Crippen LogP contribution in [0.1, 0.15) is 18.0 Å². The summed E-state index contributed by atoms with van der Waals surface area (Å²) < 4.78 is 20.5. The van der Waals surface area contributed by atoms with Crippen molar-refractivity contribution in [1.29, 1.82) is 0 Å². The third kappa shape index (κ3) is 6.61. The van der Waals surface area contributed by atoms with Crippen LogP contribution in [0.3, 0.4) is 0 Å². The van der Waals surface area contributed by atoms with E-state index in [-0.39, 0.29) is 10.9 Å². The average Bonchev–Trinajstić information content (AvgIpc) is 3.43. The standard InChI is InChI=1S/C28H33ClFN7O3/c1-6-27(38)34-20-14-21(24(39-5)15-23(20)36(4)12-11-35(2)3)33-25-16-26(32-17-31-25)37-22(10-13-40-37)18-8-7-9-19(29)28(18)30/h6-9,14-17,22H,1,10-13H2,2-5H3,(H,34,38)(H,31,32,33)/t22-/m1/s1. The van der Waals surface area contributed by atoms with Gasteiger partial charge in [0.15, 0.2) is 5.82 Å². The molecule has 1 amide bonds. The lowest BCUT2D eigenvalue weighted by Gasteiger charge is -2.26. The Hall–Kier alpha value is -3.93. The third-order valence-electron chi connectivity index (χ3n) is 6.44. The van der Waals surface area contributed by atoms with Crippen LogP contribution in [0.25, 0.3) is 0 Å². The molecule has 1 aliphatic rings. The molecule has 1 aromatic heterocycles. The van der Waals surface area contributed by atoms with E-state index in [9.17, 15) is 9.18 Å². The van der Waals surface area contributed by atoms with E-state index in [1.165, 1.54) is 18.5 Å². The molecule has 0 spiro atoms. The number of amides is 1. The van der Waals surface area contributed by atoms with Gasteiger partial charge in [0.25, 0.3) is 0 Å². The highest BCUT2D eigenvalue weighted by Gasteiger charge is 2.32. The van der Waals surface area contributed by atoms with E-state index in [2.05, 4.69) is 32.1 Å². The number of carbonyl (C=O) groups excluding carboxylic acids is 1. The van der Waals surface area contributed by atoms with E-state index < -0.39 is 11.9 Å². The highest BCUT2D eigenvalue weighted by Crippen LogP contribution is 2.40. The SMILES string of the molecule is C=CC(=O)Nc1cc(Nc2cc(N3OCC[C@@H]3c3cccc(Cl)c3F)ncn2)c(OC)cc1N(C)CCN(C)C. The Balaban J connectivity index is 1.65. The molecule has 2 aromatic carbocycles. The number of carbonyl (C=O) groups is 1. The molecule has 10 nitrogen and oxygen atoms in total. The lowest BCUT2D eigenvalue weighted by Crippen LogP contribution is -2.29. The van der Waals surface area contributed by atoms with Crippen molar-refractivity contribution in [2.45, 2.75) is 12.5 Å². The Morgan fingerprint density at radius 1 is 1.25 bits per heavy atom. The van der Waals surface area contributed by atoms with Gasteiger partial charge in [0, 0.05) is 44.3 Å². The quantitative estimate of drug-likeness (QED) is 0.308. The highest BCUT2D eigenvalue weighted by molar-refractivity contribution is 6.30. The molecule has 40 heavy (non-hydrogen) atoms. The van der Waals surface area contributed by atoms with Crippen LogP contribution in [0.15, 0.2) is 55.4 Å². The van der Waals surface area contributed by atoms with Crippen molar-refractivity contribution in [2.75, 3.05) is 68.5 Å². The van der Waals surface area contributed by atoms with Gasteiger partial charge in [-0.15, -0.1) is 0 Å². The fourth-order valence-electron chi connectivity index (χ4n) is 4.34. The summed E-state index contributed by atoms with van der Waals surface area (Å²) >= 11 is 6.03. The molecule has 3 aromatic rings. The number of aromatic nitrogens is 2. The summed E-state index contributed by atoms with van der Waals surface area (Å²) in [6.45, 7) is 5.50. The minimum atomic E-state index is -0.480. The Bertz CT molecular complexity index is 1370. The summed E-state index contributed by atoms with van der Waals surface area (Å²) in [7, 11) is 7.51. The van der Waals surface area contributed by atoms with E-state index in [0.29, 0.717) is 47.4 Å². The number of methoxy groups -OCH3 is 1. The number of hydroxylamine groups is 1. The van der Waals surface area contributed by atoms with Crippen molar-refractivity contribution in [3.05, 3.63) is 71.8 Å². The number of benzene rings is 2. The molecule has 0 bridgehead atoms. The molecule has 1 fully saturated rings. The number of hydrogen-bond acceptors (Lipinski definition) is 9. The van der Waals surface area contributed by atoms with Crippen LogP contribution in [-0.4, -0.2) is 68.7 Å². The second kappa shape index (κ2) is 12.9. The molecule has 4 rings (SSSR count). The Morgan fingerprint density at radius 2 is 2.05 bits per heavy atom. The van der Waals surface area contributed by atoms with Gasteiger partial charge in [0.2, 0.25) is 5.91 Å². The zero-order valence-electron chi connectivity index (χ0n) is 22.9. The first-order chi connectivity index (χ1) is 19.2. The normalized spacial score (nSPS) is 14.8. The molecule has 0 aliphatic carbocycles. The first-order valence-electron chi connectivity index (χ1n) is 12.7. The molecule has 0 saturated carbocycles. The van der Waals surface area contributed by atoms with Crippen LogP contribution in [0.2, 0.25) is 5.02 Å². The molecule has 212 valence electrons. The van der Waals surface area contributed by atoms with E-state index in [1.54, 1.807) is 36.4 Å². The predicted octanol–water partition coefficient (Wildman–Crippen LogP) is 5.03. The van der Waals surface area contributed by atoms with E-state index in [4.69, 9.17) is 21.2 Å². The van der Waals surface area contributed by atoms with Crippen molar-refractivity contribution in [3.63, 3.8) is 0 Å². The molecular weight excluding hydrogens is 537 g/mol. The lowest BCUT2D eigenvalue weighted by atomic mass is 10.0. The van der Waals surface area contributed by atoms with Crippen molar-refractivity contribution in [3.8, 4) is 5.75 Å². The zero-order valence-corrected chi connectivity index (χ0v) is 23.7. The van der Waals surface area contributed by atoms with Gasteiger partial charge < -0.3 is 25.2 Å². The second-order valence-corrected chi connectivity index (χ2v) is 9.89. The van der Waals surface area contributed by atoms with Gasteiger partial charge in [0.1, 0.15) is 23.7 Å². The van der Waals surface area contributed by atoms with Gasteiger partial charge in [-0.2, -0.15) is 0 Å². The maximum atomic E-state index is 14.8. The van der Waals surface area contributed by atoms with Crippen LogP contribution in [0.5, 0.6) is 5.75 Å². The van der Waals surface area contributed by atoms with Gasteiger partial charge >= 0.3 is 0 Å². The first-order valence-corrected chi connectivity index (χ1v) is 13.1. The highest BCUT2D eigenvalue weighted by atomic mass is 35.5. The van der Waals surface area contributed by atoms with Crippen molar-refractivity contribution >= 4 is 46.2 Å². The number of likely N-dealkylation sites (N-methyl/N-ethyl adjacent to an activating group) is 2. The molecule has 1 saturated heterocycles. The zero-order chi connectivity index (χ0) is 28.8. The molecule has 1 atom stereocenters. The fraction of sp³-hybridized carbons (Fsp3) is 0.321. The number of rotatable bonds is 11. The van der Waals surface area contributed by atoms with Crippen LogP contribution in [0.4, 0.5) is 33.1 Å². The molecule has 2 N–H and O–H groups in total. The molecule has 2 heterocycles. The third-order valence-corrected chi connectivity index (χ3v) is 6.73. The maximum absolute atomic E-state index is 14.8. The summed E-state index contributed by atoms with van der Waals surface area (Å²) in [5.41, 5.74) is 2.34. The van der Waals surface area contributed by atoms with Gasteiger partial charge in [-0.1, -0.05) is 30.3 Å². The maximum Gasteiger partial charge on any atom is 0.247 e. The van der Waals surface area contributed by atoms with E-state index in [0.717, 1.165) is 18.8 Å². The lowest BCUT2D eigenvalue weighted by molar-refractivity contribution is -0.111. The van der Waals surface area contributed by atoms with Crippen LogP contribution in [-0.2, 0) is 9.63 Å². The van der Waals surface area contributed by atoms with Gasteiger partial charge in [-0.3, -0.25) is 9.63 Å². The summed E-state index contributed by atoms with van der Waals surface area (Å²) in [6.07, 6.45) is 3.17. The van der Waals surface area contributed by atoms with Crippen LogP contribution < -0.4 is 25.3 Å². The molecule has 1 aliphatic heterocycles. The number of nitrogens with zero attached hydrogens (tertiary/aromatic N) is 5. The summed E-state index contributed by atoms with van der Waals surface area (Å²) in [5.74, 6) is 0.608. The smallest absolute Gasteiger partial charge is 0.247 e. The van der Waals surface area contributed by atoms with Crippen molar-refractivity contribution in [1.82, 2.24) is 14.9 Å². The van der Waals surface area contributed by atoms with Crippen LogP contribution in [0, 0.1) is 5.82 Å². The predicted molar refractivity (Wildman–Crippen MR) is 156 cm³/mol. The van der Waals surface area contributed by atoms with E-state index >= 15 is 0 Å². The average molecular weight is 570 g/mol. The van der Waals surface area contributed by atoms with Gasteiger partial charge in [-0.25, -0.2) is 19.4 Å². The minimum absolute atomic E-state index is 0.0524. The first kappa shape index (κ1) is 29.1. The Kier molecular flexibility index (Phi) is 9.41. The van der Waals surface area contributed by atoms with Crippen molar-refractivity contribution < 1.29 is 18.8 Å². The molecule has 12 heteroatoms. The number of ether oxygens (including phenoxy) is 1. The van der Waals surface area contributed by atoms with Gasteiger partial charge in [0.05, 0.1) is 41.8 Å². The summed E-state index contributed by atoms with van der Waals surface area (Å²) in [4.78, 5) is 30.9. The Morgan fingerprint density at radius 3 is 2.77 bits per heavy atom. The number of halogens is 2. The molecular formula is C28H33ClFN7O3. The molecule has 0 radical (unpaired) electrons. The second-order valence-electron chi connectivity index (χ2n) is 9.48. The number of hydrogen-bond donors (Lipinski definition) is 2. The summed E-state index contributed by atoms with van der Waals surface area (Å²) in [6, 6.07) is 9.82. The largest absolute Gasteiger partial charge is 0.494 e. The molecule has 0 unspecified atom stereocenters. The number of nitrogens with one attached hydrogen (secondary N) is 2. The van der Waals surface area contributed by atoms with Crippen molar-refractivity contribution in [2.24, 2.45) is 0 Å². The van der Waals surface area contributed by atoms with E-state index in [1.807, 2.05) is 32.1 Å². The topological polar surface area (TPSA) is 95.1 Å². The summed E-state index contributed by atoms with van der Waals surface area (Å²) in [5, 5.41) is 7.75.